The van der Waals surface area contributed by atoms with Crippen molar-refractivity contribution in [2.75, 3.05) is 6.61 Å². The Labute approximate surface area is 89.2 Å². The van der Waals surface area contributed by atoms with E-state index in [0.29, 0.717) is 18.3 Å². The number of ether oxygens (including phenoxy) is 1. The quantitative estimate of drug-likeness (QED) is 0.807. The minimum atomic E-state index is -0.308. The van der Waals surface area contributed by atoms with Crippen LogP contribution in [0, 0.1) is 11.7 Å². The number of para-hydroxylation sites is 1. The van der Waals surface area contributed by atoms with Crippen LogP contribution in [0.3, 0.4) is 0 Å². The fourth-order valence-corrected chi connectivity index (χ4v) is 1.63. The van der Waals surface area contributed by atoms with Crippen LogP contribution < -0.4 is 10.5 Å². The molecule has 1 aliphatic carbocycles. The summed E-state index contributed by atoms with van der Waals surface area (Å²) in [7, 11) is 0. The minimum Gasteiger partial charge on any atom is -0.490 e. The third kappa shape index (κ3) is 2.93. The van der Waals surface area contributed by atoms with E-state index in [-0.39, 0.29) is 11.9 Å². The van der Waals surface area contributed by atoms with Crippen molar-refractivity contribution in [3.8, 4) is 5.75 Å². The van der Waals surface area contributed by atoms with Gasteiger partial charge in [-0.25, -0.2) is 4.39 Å². The molecular formula is C12H16FNO. The maximum Gasteiger partial charge on any atom is 0.165 e. The van der Waals surface area contributed by atoms with Gasteiger partial charge in [-0.3, -0.25) is 0 Å². The van der Waals surface area contributed by atoms with Crippen LogP contribution in [-0.2, 0) is 0 Å². The van der Waals surface area contributed by atoms with Gasteiger partial charge in [0.25, 0.3) is 0 Å². The predicted octanol–water partition coefficient (Wildman–Crippen LogP) is 2.33. The van der Waals surface area contributed by atoms with Gasteiger partial charge < -0.3 is 10.5 Å². The molecule has 1 aliphatic rings. The zero-order valence-corrected chi connectivity index (χ0v) is 8.66. The van der Waals surface area contributed by atoms with E-state index in [1.165, 1.54) is 18.9 Å². The average molecular weight is 209 g/mol. The van der Waals surface area contributed by atoms with Gasteiger partial charge in [-0.05, 0) is 37.3 Å². The summed E-state index contributed by atoms with van der Waals surface area (Å²) < 4.78 is 18.5. The van der Waals surface area contributed by atoms with E-state index in [9.17, 15) is 4.39 Å². The number of rotatable bonds is 5. The summed E-state index contributed by atoms with van der Waals surface area (Å²) in [6, 6.07) is 6.67. The van der Waals surface area contributed by atoms with Crippen molar-refractivity contribution in [3.05, 3.63) is 30.1 Å². The molecule has 1 saturated carbocycles. The first-order valence-electron chi connectivity index (χ1n) is 5.40. The van der Waals surface area contributed by atoms with Gasteiger partial charge >= 0.3 is 0 Å². The summed E-state index contributed by atoms with van der Waals surface area (Å²) in [6.45, 7) is 0.499. The highest BCUT2D eigenvalue weighted by Crippen LogP contribution is 2.32. The summed E-state index contributed by atoms with van der Waals surface area (Å²) in [5, 5.41) is 0. The topological polar surface area (TPSA) is 35.2 Å². The van der Waals surface area contributed by atoms with Crippen LogP contribution in [0.1, 0.15) is 19.3 Å². The Balaban J connectivity index is 1.75. The molecule has 1 aromatic rings. The molecule has 1 unspecified atom stereocenters. The molecule has 2 rings (SSSR count). The fourth-order valence-electron chi connectivity index (χ4n) is 1.63. The van der Waals surface area contributed by atoms with E-state index in [1.807, 2.05) is 0 Å². The van der Waals surface area contributed by atoms with E-state index in [1.54, 1.807) is 18.2 Å². The molecule has 2 N–H and O–H groups in total. The van der Waals surface area contributed by atoms with Gasteiger partial charge in [-0.15, -0.1) is 0 Å². The maximum atomic E-state index is 13.1. The van der Waals surface area contributed by atoms with Crippen LogP contribution >= 0.6 is 0 Å². The maximum absolute atomic E-state index is 13.1. The molecule has 0 aliphatic heterocycles. The molecule has 1 atom stereocenters. The van der Waals surface area contributed by atoms with E-state index in [4.69, 9.17) is 10.5 Å². The van der Waals surface area contributed by atoms with Gasteiger partial charge in [0.15, 0.2) is 11.6 Å². The molecule has 3 heteroatoms. The van der Waals surface area contributed by atoms with Crippen molar-refractivity contribution < 1.29 is 9.13 Å². The molecule has 0 bridgehead atoms. The van der Waals surface area contributed by atoms with E-state index in [2.05, 4.69) is 0 Å². The molecule has 0 aromatic heterocycles. The number of benzene rings is 1. The van der Waals surface area contributed by atoms with Gasteiger partial charge in [0.05, 0.1) is 6.61 Å². The lowest BCUT2D eigenvalue weighted by Crippen LogP contribution is -2.24. The number of halogens is 1. The Bertz CT molecular complexity index is 325. The molecule has 1 fully saturated rings. The van der Waals surface area contributed by atoms with Gasteiger partial charge in [0, 0.05) is 6.04 Å². The Morgan fingerprint density at radius 1 is 1.40 bits per heavy atom. The predicted molar refractivity (Wildman–Crippen MR) is 57.2 cm³/mol. The first-order chi connectivity index (χ1) is 7.27. The number of nitrogens with two attached hydrogens (primary N) is 1. The first kappa shape index (κ1) is 10.4. The van der Waals surface area contributed by atoms with Crippen molar-refractivity contribution >= 4 is 0 Å². The van der Waals surface area contributed by atoms with E-state index >= 15 is 0 Å². The normalized spacial score (nSPS) is 17.5. The monoisotopic (exact) mass is 209 g/mol. The number of hydrogen-bond acceptors (Lipinski definition) is 2. The summed E-state index contributed by atoms with van der Waals surface area (Å²) >= 11 is 0. The summed E-state index contributed by atoms with van der Waals surface area (Å²) in [4.78, 5) is 0. The summed E-state index contributed by atoms with van der Waals surface area (Å²) in [5.74, 6) is 0.687. The van der Waals surface area contributed by atoms with Crippen LogP contribution in [0.2, 0.25) is 0 Å². The highest BCUT2D eigenvalue weighted by molar-refractivity contribution is 5.23. The van der Waals surface area contributed by atoms with Crippen molar-refractivity contribution in [2.24, 2.45) is 11.7 Å². The Hall–Kier alpha value is -1.09. The largest absolute Gasteiger partial charge is 0.490 e. The average Bonchev–Trinajstić information content (AvgIpc) is 3.04. The lowest BCUT2D eigenvalue weighted by molar-refractivity contribution is 0.279. The second-order valence-electron chi connectivity index (χ2n) is 4.07. The lowest BCUT2D eigenvalue weighted by atomic mass is 10.1. The molecule has 0 amide bonds. The van der Waals surface area contributed by atoms with Crippen LogP contribution in [0.5, 0.6) is 5.75 Å². The molecule has 82 valence electrons. The van der Waals surface area contributed by atoms with Gasteiger partial charge in [-0.1, -0.05) is 12.1 Å². The third-order valence-electron chi connectivity index (χ3n) is 2.77. The zero-order valence-electron chi connectivity index (χ0n) is 8.66. The standard InChI is InChI=1S/C12H16FNO/c13-10-3-1-2-4-12(10)15-8-7-11(14)9-5-6-9/h1-4,9,11H,5-8,14H2. The van der Waals surface area contributed by atoms with Gasteiger partial charge in [0.1, 0.15) is 0 Å². The minimum absolute atomic E-state index is 0.219. The molecule has 0 heterocycles. The SMILES string of the molecule is NC(CCOc1ccccc1F)C1CC1. The molecular weight excluding hydrogens is 193 g/mol. The fraction of sp³-hybridized carbons (Fsp3) is 0.500. The third-order valence-corrected chi connectivity index (χ3v) is 2.77. The van der Waals surface area contributed by atoms with Gasteiger partial charge in [-0.2, -0.15) is 0 Å². The smallest absolute Gasteiger partial charge is 0.165 e. The number of hydrogen-bond donors (Lipinski definition) is 1. The van der Waals surface area contributed by atoms with Crippen LogP contribution in [0.25, 0.3) is 0 Å². The van der Waals surface area contributed by atoms with Crippen LogP contribution in [0.15, 0.2) is 24.3 Å². The molecule has 0 radical (unpaired) electrons. The lowest BCUT2D eigenvalue weighted by Gasteiger charge is -2.11. The van der Waals surface area contributed by atoms with E-state index < -0.39 is 0 Å². The Morgan fingerprint density at radius 2 is 2.13 bits per heavy atom. The molecule has 0 saturated heterocycles. The van der Waals surface area contributed by atoms with Crippen molar-refractivity contribution in [1.29, 1.82) is 0 Å². The second-order valence-corrected chi connectivity index (χ2v) is 4.07. The van der Waals surface area contributed by atoms with E-state index in [0.717, 1.165) is 6.42 Å². The molecule has 15 heavy (non-hydrogen) atoms. The van der Waals surface area contributed by atoms with Crippen molar-refractivity contribution in [3.63, 3.8) is 0 Å². The second kappa shape index (κ2) is 4.62. The van der Waals surface area contributed by atoms with Gasteiger partial charge in [0.2, 0.25) is 0 Å². The van der Waals surface area contributed by atoms with Crippen LogP contribution in [0.4, 0.5) is 4.39 Å². The zero-order chi connectivity index (χ0) is 10.7. The molecule has 2 nitrogen and oxygen atoms in total. The Morgan fingerprint density at radius 3 is 2.80 bits per heavy atom. The van der Waals surface area contributed by atoms with Crippen LogP contribution in [-0.4, -0.2) is 12.6 Å². The summed E-state index contributed by atoms with van der Waals surface area (Å²) in [6.07, 6.45) is 3.28. The van der Waals surface area contributed by atoms with Crippen molar-refractivity contribution in [2.45, 2.75) is 25.3 Å². The Kier molecular flexibility index (Phi) is 3.21. The molecule has 0 spiro atoms. The summed E-state index contributed by atoms with van der Waals surface area (Å²) in [5.41, 5.74) is 5.91. The highest BCUT2D eigenvalue weighted by Gasteiger charge is 2.28. The molecule has 1 aromatic carbocycles. The highest BCUT2D eigenvalue weighted by atomic mass is 19.1. The first-order valence-corrected chi connectivity index (χ1v) is 5.40. The van der Waals surface area contributed by atoms with Crippen molar-refractivity contribution in [1.82, 2.24) is 0 Å².